The predicted molar refractivity (Wildman–Crippen MR) is 162 cm³/mol. The Bertz CT molecular complexity index is 1160. The smallest absolute Gasteiger partial charge is 0.338 e. The van der Waals surface area contributed by atoms with Crippen molar-refractivity contribution in [2.45, 2.75) is 108 Å². The van der Waals surface area contributed by atoms with Gasteiger partial charge in [0.15, 0.2) is 16.8 Å². The van der Waals surface area contributed by atoms with Crippen molar-refractivity contribution in [3.05, 3.63) is 37.9 Å². The second-order valence-corrected chi connectivity index (χ2v) is 11.1. The lowest BCUT2D eigenvalue weighted by atomic mass is 10.0. The lowest BCUT2D eigenvalue weighted by Crippen LogP contribution is -2.25. The summed E-state index contributed by atoms with van der Waals surface area (Å²) in [5, 5.41) is 23.9. The van der Waals surface area contributed by atoms with Crippen LogP contribution in [0.15, 0.2) is 37.0 Å². The Morgan fingerprint density at radius 3 is 1.90 bits per heavy atom. The molecule has 0 aromatic heterocycles. The van der Waals surface area contributed by atoms with E-state index in [4.69, 9.17) is 4.74 Å². The molecule has 0 N–H and O–H groups in total. The molecule has 2 aliphatic rings. The van der Waals surface area contributed by atoms with Crippen LogP contribution in [0.3, 0.4) is 0 Å². The molecule has 0 radical (unpaired) electrons. The summed E-state index contributed by atoms with van der Waals surface area (Å²) in [6, 6.07) is 1.33. The summed E-state index contributed by atoms with van der Waals surface area (Å²) < 4.78 is 5.28. The van der Waals surface area contributed by atoms with Crippen LogP contribution in [0.2, 0.25) is 0 Å². The molecule has 1 atom stereocenters. The number of fused-ring (bicyclic) bond motifs is 1. The van der Waals surface area contributed by atoms with E-state index in [-0.39, 0.29) is 22.1 Å². The zero-order chi connectivity index (χ0) is 29.5. The van der Waals surface area contributed by atoms with Crippen molar-refractivity contribution in [2.24, 2.45) is 20.0 Å². The minimum absolute atomic E-state index is 0.146. The third-order valence-electron chi connectivity index (χ3n) is 6.88. The molecule has 0 bridgehead atoms. The van der Waals surface area contributed by atoms with Crippen LogP contribution >= 0.6 is 11.8 Å². The number of carbonyl (C=O) groups excluding carboxylic acids is 1. The van der Waals surface area contributed by atoms with E-state index in [2.05, 4.69) is 26.9 Å². The molecule has 0 saturated carbocycles. The van der Waals surface area contributed by atoms with Crippen LogP contribution in [0.4, 0.5) is 11.4 Å². The third kappa shape index (κ3) is 10.1. The summed E-state index contributed by atoms with van der Waals surface area (Å²) in [4.78, 5) is 50.7. The molecular weight excluding hydrogens is 548 g/mol. The van der Waals surface area contributed by atoms with Gasteiger partial charge in [-0.15, -0.1) is 0 Å². The van der Waals surface area contributed by atoms with Crippen LogP contribution in [-0.4, -0.2) is 52.0 Å². The molecule has 1 aromatic rings. The molecule has 0 aliphatic carbocycles. The van der Waals surface area contributed by atoms with Gasteiger partial charge in [-0.1, -0.05) is 102 Å². The number of carbonyl (C=O) groups is 1. The van der Waals surface area contributed by atoms with E-state index in [1.54, 1.807) is 0 Å². The fourth-order valence-corrected chi connectivity index (χ4v) is 5.68. The van der Waals surface area contributed by atoms with Gasteiger partial charge in [0.05, 0.1) is 22.0 Å². The highest BCUT2D eigenvalue weighted by Gasteiger charge is 2.34. The van der Waals surface area contributed by atoms with Crippen molar-refractivity contribution in [3.63, 3.8) is 0 Å². The van der Waals surface area contributed by atoms with Crippen LogP contribution in [0.25, 0.3) is 0 Å². The summed E-state index contributed by atoms with van der Waals surface area (Å²) in [5.74, 6) is -0.490. The van der Waals surface area contributed by atoms with Crippen LogP contribution in [0.1, 0.15) is 107 Å². The molecule has 0 spiro atoms. The number of ether oxygens (including phenoxy) is 1. The Morgan fingerprint density at radius 1 is 0.829 bits per heavy atom. The van der Waals surface area contributed by atoms with Gasteiger partial charge >= 0.3 is 5.97 Å². The zero-order valence-corrected chi connectivity index (χ0v) is 24.4. The Labute approximate surface area is 244 Å². The number of hydrogen-bond acceptors (Lipinski definition) is 11. The van der Waals surface area contributed by atoms with E-state index >= 15 is 0 Å². The van der Waals surface area contributed by atoms with Gasteiger partial charge in [0.1, 0.15) is 17.7 Å². The number of esters is 1. The average Bonchev–Trinajstić information content (AvgIpc) is 3.45. The van der Waals surface area contributed by atoms with Crippen molar-refractivity contribution in [1.82, 2.24) is 0 Å². The molecule has 1 unspecified atom stereocenters. The van der Waals surface area contributed by atoms with Gasteiger partial charge in [-0.05, 0) is 6.42 Å². The molecule has 2 heterocycles. The Balaban J connectivity index is 1.43. The number of nitrogens with zero attached hydrogens (tertiary/aromatic N) is 6. The number of nitro groups is 2. The molecule has 222 valence electrons. The molecule has 3 rings (SSSR count). The standard InChI is InChI=1S/C28H38N6O6S/c1-2-3-4-5-6-7-8-9-10-11-12-13-14-15-16-40-28(35)21-17-22(33(36)37)25(23(18-21)34(38)39)41-27-24-26(30-19-29-24)31-20-32-27/h17-20,24H,2-16H2,1H3. The normalized spacial score (nSPS) is 15.4. The molecule has 12 nitrogen and oxygen atoms in total. The fraction of sp³-hybridized carbons (Fsp3) is 0.607. The number of aliphatic imine (C=N–C) groups is 4. The topological polar surface area (TPSA) is 162 Å². The number of amidine groups is 1. The van der Waals surface area contributed by atoms with E-state index in [0.29, 0.717) is 12.3 Å². The molecule has 0 saturated heterocycles. The van der Waals surface area contributed by atoms with Gasteiger partial charge in [0, 0.05) is 12.1 Å². The molecular formula is C28H38N6O6S. The van der Waals surface area contributed by atoms with Gasteiger partial charge < -0.3 is 4.74 Å². The van der Waals surface area contributed by atoms with Crippen molar-refractivity contribution in [2.75, 3.05) is 6.61 Å². The van der Waals surface area contributed by atoms with E-state index in [9.17, 15) is 25.0 Å². The molecule has 0 fully saturated rings. The first-order valence-corrected chi connectivity index (χ1v) is 15.3. The number of hydrogen-bond donors (Lipinski definition) is 0. The number of nitro benzene ring substituents is 2. The highest BCUT2D eigenvalue weighted by Crippen LogP contribution is 2.41. The van der Waals surface area contributed by atoms with Crippen molar-refractivity contribution >= 4 is 52.7 Å². The first-order valence-electron chi connectivity index (χ1n) is 14.4. The highest BCUT2D eigenvalue weighted by molar-refractivity contribution is 8.14. The molecule has 13 heteroatoms. The molecule has 2 aliphatic heterocycles. The van der Waals surface area contributed by atoms with E-state index in [1.165, 1.54) is 76.9 Å². The van der Waals surface area contributed by atoms with Gasteiger partial charge in [-0.3, -0.25) is 25.2 Å². The minimum atomic E-state index is -0.834. The zero-order valence-electron chi connectivity index (χ0n) is 23.5. The molecule has 1 aromatic carbocycles. The number of thioether (sulfide) groups is 1. The Kier molecular flexibility index (Phi) is 13.6. The largest absolute Gasteiger partial charge is 0.462 e. The first kappa shape index (κ1) is 32.0. The maximum Gasteiger partial charge on any atom is 0.338 e. The lowest BCUT2D eigenvalue weighted by molar-refractivity contribution is -0.399. The molecule has 41 heavy (non-hydrogen) atoms. The van der Waals surface area contributed by atoms with Crippen LogP contribution in [-0.2, 0) is 4.74 Å². The van der Waals surface area contributed by atoms with Crippen LogP contribution < -0.4 is 0 Å². The van der Waals surface area contributed by atoms with Gasteiger partial charge in [0.25, 0.3) is 11.4 Å². The number of rotatable bonds is 19. The predicted octanol–water partition coefficient (Wildman–Crippen LogP) is 7.48. The first-order chi connectivity index (χ1) is 19.9. The van der Waals surface area contributed by atoms with Crippen molar-refractivity contribution in [1.29, 1.82) is 0 Å². The minimum Gasteiger partial charge on any atom is -0.462 e. The number of benzene rings is 1. The molecule has 0 amide bonds. The second-order valence-electron chi connectivity index (χ2n) is 10.1. The summed E-state index contributed by atoms with van der Waals surface area (Å²) in [6.07, 6.45) is 19.3. The Hall–Kier alpha value is -3.48. The van der Waals surface area contributed by atoms with Gasteiger partial charge in [-0.25, -0.2) is 19.8 Å². The van der Waals surface area contributed by atoms with Crippen LogP contribution in [0, 0.1) is 20.2 Å². The monoisotopic (exact) mass is 586 g/mol. The fourth-order valence-electron chi connectivity index (χ4n) is 4.61. The third-order valence-corrected chi connectivity index (χ3v) is 8.04. The maximum absolute atomic E-state index is 12.6. The maximum atomic E-state index is 12.6. The van der Waals surface area contributed by atoms with Crippen molar-refractivity contribution < 1.29 is 19.4 Å². The summed E-state index contributed by atoms with van der Waals surface area (Å²) >= 11 is 0.739. The van der Waals surface area contributed by atoms with Crippen molar-refractivity contribution in [3.8, 4) is 0 Å². The van der Waals surface area contributed by atoms with E-state index in [1.807, 2.05) is 0 Å². The van der Waals surface area contributed by atoms with Crippen LogP contribution in [0.5, 0.6) is 0 Å². The van der Waals surface area contributed by atoms with Gasteiger partial charge in [0.2, 0.25) is 0 Å². The number of unbranched alkanes of at least 4 members (excludes halogenated alkanes) is 13. The second kappa shape index (κ2) is 17.4. The summed E-state index contributed by atoms with van der Waals surface area (Å²) in [7, 11) is 0. The summed E-state index contributed by atoms with van der Waals surface area (Å²) in [5.41, 5.74) is -1.41. The summed E-state index contributed by atoms with van der Waals surface area (Å²) in [6.45, 7) is 2.38. The quantitative estimate of drug-likeness (QED) is 0.0702. The highest BCUT2D eigenvalue weighted by atomic mass is 32.2. The van der Waals surface area contributed by atoms with Gasteiger partial charge in [-0.2, -0.15) is 0 Å². The van der Waals surface area contributed by atoms with E-state index < -0.39 is 33.2 Å². The SMILES string of the molecule is CCCCCCCCCCCCCCCCOC(=O)c1cc([N+](=O)[O-])c(SC2=NC=NC3=NC=NC32)c([N+](=O)[O-])c1. The van der Waals surface area contributed by atoms with E-state index in [0.717, 1.165) is 43.2 Å². The Morgan fingerprint density at radius 2 is 1.37 bits per heavy atom. The lowest BCUT2D eigenvalue weighted by Gasteiger charge is -2.14. The average molecular weight is 587 g/mol.